The number of anilines is 2. The highest BCUT2D eigenvalue weighted by molar-refractivity contribution is 6.34. The predicted octanol–water partition coefficient (Wildman–Crippen LogP) is 4.27. The Labute approximate surface area is 113 Å². The van der Waals surface area contributed by atoms with E-state index in [-0.39, 0.29) is 0 Å². The standard InChI is InChI=1S/C12H7Cl2N3O/c13-7-1-3-8(4-2-7)15-12-10-9(5-6-18-10)11(14)16-17-12/h1-6H,(H,15,17). The fourth-order valence-electron chi connectivity index (χ4n) is 1.60. The van der Waals surface area contributed by atoms with Crippen molar-refractivity contribution in [3.8, 4) is 0 Å². The molecule has 3 rings (SSSR count). The molecule has 2 aromatic heterocycles. The third-order valence-corrected chi connectivity index (χ3v) is 2.98. The molecule has 3 aromatic rings. The van der Waals surface area contributed by atoms with E-state index in [1.54, 1.807) is 24.5 Å². The number of aromatic nitrogens is 2. The molecule has 0 atom stereocenters. The Morgan fingerprint density at radius 1 is 1.00 bits per heavy atom. The largest absolute Gasteiger partial charge is 0.460 e. The first-order valence-corrected chi connectivity index (χ1v) is 5.91. The molecule has 0 amide bonds. The summed E-state index contributed by atoms with van der Waals surface area (Å²) < 4.78 is 5.35. The fraction of sp³-hybridized carbons (Fsp3) is 0. The van der Waals surface area contributed by atoms with Gasteiger partial charge in [0.05, 0.1) is 11.6 Å². The SMILES string of the molecule is Clc1ccc(Nc2nnc(Cl)c3ccoc23)cc1. The Hall–Kier alpha value is -1.78. The monoisotopic (exact) mass is 279 g/mol. The van der Waals surface area contributed by atoms with Crippen LogP contribution in [-0.2, 0) is 0 Å². The molecule has 90 valence electrons. The molecule has 6 heteroatoms. The van der Waals surface area contributed by atoms with Crippen molar-refractivity contribution in [3.63, 3.8) is 0 Å². The van der Waals surface area contributed by atoms with Gasteiger partial charge in [-0.3, -0.25) is 0 Å². The zero-order valence-corrected chi connectivity index (χ0v) is 10.5. The van der Waals surface area contributed by atoms with Gasteiger partial charge in [0, 0.05) is 10.7 Å². The van der Waals surface area contributed by atoms with Gasteiger partial charge >= 0.3 is 0 Å². The van der Waals surface area contributed by atoms with Crippen LogP contribution in [0.5, 0.6) is 0 Å². The lowest BCUT2D eigenvalue weighted by molar-refractivity contribution is 0.614. The van der Waals surface area contributed by atoms with Gasteiger partial charge in [-0.1, -0.05) is 23.2 Å². The number of benzene rings is 1. The van der Waals surface area contributed by atoms with Gasteiger partial charge < -0.3 is 9.73 Å². The average Bonchev–Trinajstić information content (AvgIpc) is 2.86. The molecule has 0 spiro atoms. The summed E-state index contributed by atoms with van der Waals surface area (Å²) in [5.74, 6) is 0.515. The molecule has 0 saturated heterocycles. The molecular weight excluding hydrogens is 273 g/mol. The normalized spacial score (nSPS) is 10.8. The maximum Gasteiger partial charge on any atom is 0.196 e. The maximum absolute atomic E-state index is 5.92. The number of furan rings is 1. The topological polar surface area (TPSA) is 51.0 Å². The van der Waals surface area contributed by atoms with Gasteiger partial charge in [-0.05, 0) is 30.3 Å². The van der Waals surface area contributed by atoms with Crippen molar-refractivity contribution in [1.82, 2.24) is 10.2 Å². The van der Waals surface area contributed by atoms with Crippen LogP contribution in [0.2, 0.25) is 10.2 Å². The van der Waals surface area contributed by atoms with Gasteiger partial charge in [0.2, 0.25) is 0 Å². The second-order valence-electron chi connectivity index (χ2n) is 3.63. The van der Waals surface area contributed by atoms with E-state index in [0.29, 0.717) is 21.6 Å². The first-order valence-electron chi connectivity index (χ1n) is 5.16. The fourth-order valence-corrected chi connectivity index (χ4v) is 1.91. The molecule has 0 saturated carbocycles. The Morgan fingerprint density at radius 3 is 2.56 bits per heavy atom. The second kappa shape index (κ2) is 4.48. The number of hydrogen-bond donors (Lipinski definition) is 1. The number of nitrogens with one attached hydrogen (secondary N) is 1. The number of rotatable bonds is 2. The number of hydrogen-bond acceptors (Lipinski definition) is 4. The van der Waals surface area contributed by atoms with Crippen LogP contribution in [0.1, 0.15) is 0 Å². The molecular formula is C12H7Cl2N3O. The maximum atomic E-state index is 5.92. The van der Waals surface area contributed by atoms with Gasteiger partial charge in [0.15, 0.2) is 16.6 Å². The Morgan fingerprint density at radius 2 is 1.78 bits per heavy atom. The third kappa shape index (κ3) is 2.00. The molecule has 1 N–H and O–H groups in total. The smallest absolute Gasteiger partial charge is 0.196 e. The quantitative estimate of drug-likeness (QED) is 0.761. The van der Waals surface area contributed by atoms with Crippen molar-refractivity contribution in [3.05, 3.63) is 46.8 Å². The molecule has 2 heterocycles. The van der Waals surface area contributed by atoms with Crippen LogP contribution >= 0.6 is 23.2 Å². The zero-order valence-electron chi connectivity index (χ0n) is 9.02. The van der Waals surface area contributed by atoms with E-state index < -0.39 is 0 Å². The van der Waals surface area contributed by atoms with Crippen LogP contribution in [-0.4, -0.2) is 10.2 Å². The van der Waals surface area contributed by atoms with Crippen molar-refractivity contribution in [1.29, 1.82) is 0 Å². The lowest BCUT2D eigenvalue weighted by Gasteiger charge is -2.05. The van der Waals surface area contributed by atoms with E-state index in [9.17, 15) is 0 Å². The molecule has 0 radical (unpaired) electrons. The van der Waals surface area contributed by atoms with Crippen LogP contribution in [0.25, 0.3) is 11.0 Å². The van der Waals surface area contributed by atoms with Crippen molar-refractivity contribution in [2.75, 3.05) is 5.32 Å². The van der Waals surface area contributed by atoms with Crippen LogP contribution < -0.4 is 5.32 Å². The number of fused-ring (bicyclic) bond motifs is 1. The summed E-state index contributed by atoms with van der Waals surface area (Å²) in [6, 6.07) is 9.00. The van der Waals surface area contributed by atoms with Crippen LogP contribution in [0.15, 0.2) is 41.0 Å². The van der Waals surface area contributed by atoms with Crippen LogP contribution in [0.3, 0.4) is 0 Å². The molecule has 0 fully saturated rings. The van der Waals surface area contributed by atoms with Gasteiger partial charge in [0.1, 0.15) is 0 Å². The number of halogens is 2. The highest BCUT2D eigenvalue weighted by Gasteiger charge is 2.10. The summed E-state index contributed by atoms with van der Waals surface area (Å²) in [5, 5.41) is 12.7. The molecule has 0 aliphatic carbocycles. The second-order valence-corrected chi connectivity index (χ2v) is 4.43. The average molecular weight is 280 g/mol. The molecule has 4 nitrogen and oxygen atoms in total. The van der Waals surface area contributed by atoms with Crippen molar-refractivity contribution in [2.24, 2.45) is 0 Å². The van der Waals surface area contributed by atoms with Gasteiger partial charge in [-0.2, -0.15) is 0 Å². The van der Waals surface area contributed by atoms with Gasteiger partial charge in [-0.15, -0.1) is 10.2 Å². The Bertz CT molecular complexity index is 694. The van der Waals surface area contributed by atoms with E-state index in [1.807, 2.05) is 12.1 Å². The van der Waals surface area contributed by atoms with E-state index in [4.69, 9.17) is 27.6 Å². The minimum atomic E-state index is 0.320. The Kier molecular flexibility index (Phi) is 2.81. The molecule has 0 bridgehead atoms. The molecule has 0 aliphatic heterocycles. The highest BCUT2D eigenvalue weighted by atomic mass is 35.5. The molecule has 0 aliphatic rings. The van der Waals surface area contributed by atoms with Gasteiger partial charge in [-0.25, -0.2) is 0 Å². The summed E-state index contributed by atoms with van der Waals surface area (Å²) in [6.45, 7) is 0. The first-order chi connectivity index (χ1) is 8.74. The summed E-state index contributed by atoms with van der Waals surface area (Å²) in [7, 11) is 0. The van der Waals surface area contributed by atoms with Crippen molar-refractivity contribution in [2.45, 2.75) is 0 Å². The predicted molar refractivity (Wildman–Crippen MR) is 71.5 cm³/mol. The van der Waals surface area contributed by atoms with E-state index >= 15 is 0 Å². The summed E-state index contributed by atoms with van der Waals surface area (Å²) >= 11 is 11.7. The first kappa shape index (κ1) is 11.3. The van der Waals surface area contributed by atoms with Crippen molar-refractivity contribution < 1.29 is 4.42 Å². The minimum absolute atomic E-state index is 0.320. The molecule has 0 unspecified atom stereocenters. The Balaban J connectivity index is 2.02. The van der Waals surface area contributed by atoms with Crippen LogP contribution in [0.4, 0.5) is 11.5 Å². The van der Waals surface area contributed by atoms with Crippen molar-refractivity contribution >= 4 is 45.7 Å². The molecule has 18 heavy (non-hydrogen) atoms. The lowest BCUT2D eigenvalue weighted by atomic mass is 10.3. The van der Waals surface area contributed by atoms with Crippen LogP contribution in [0, 0.1) is 0 Å². The summed E-state index contributed by atoms with van der Waals surface area (Å²) in [5.41, 5.74) is 1.42. The highest BCUT2D eigenvalue weighted by Crippen LogP contribution is 2.28. The van der Waals surface area contributed by atoms with E-state index in [1.165, 1.54) is 0 Å². The third-order valence-electron chi connectivity index (χ3n) is 2.45. The summed E-state index contributed by atoms with van der Waals surface area (Å²) in [4.78, 5) is 0. The summed E-state index contributed by atoms with van der Waals surface area (Å²) in [6.07, 6.45) is 1.55. The van der Waals surface area contributed by atoms with E-state index in [0.717, 1.165) is 11.1 Å². The lowest BCUT2D eigenvalue weighted by Crippen LogP contribution is -1.96. The van der Waals surface area contributed by atoms with Gasteiger partial charge in [0.25, 0.3) is 0 Å². The number of nitrogens with zero attached hydrogens (tertiary/aromatic N) is 2. The molecule has 1 aromatic carbocycles. The zero-order chi connectivity index (χ0) is 12.5. The van der Waals surface area contributed by atoms with E-state index in [2.05, 4.69) is 15.5 Å². The minimum Gasteiger partial charge on any atom is -0.460 e.